The van der Waals surface area contributed by atoms with Gasteiger partial charge in [-0.3, -0.25) is 14.5 Å². The molecule has 168 valence electrons. The topological polar surface area (TPSA) is 76.1 Å². The number of amides is 1. The van der Waals surface area contributed by atoms with Gasteiger partial charge >= 0.3 is 0 Å². The molecule has 0 spiro atoms. The highest BCUT2D eigenvalue weighted by atomic mass is 16.5. The number of ketones is 1. The summed E-state index contributed by atoms with van der Waals surface area (Å²) in [6.07, 6.45) is 0. The van der Waals surface area contributed by atoms with Crippen molar-refractivity contribution < 1.29 is 24.2 Å². The van der Waals surface area contributed by atoms with Crippen molar-refractivity contribution in [2.75, 3.05) is 19.1 Å². The van der Waals surface area contributed by atoms with Gasteiger partial charge in [0.1, 0.15) is 17.3 Å². The van der Waals surface area contributed by atoms with Gasteiger partial charge < -0.3 is 14.6 Å². The van der Waals surface area contributed by atoms with Gasteiger partial charge in [0.15, 0.2) is 0 Å². The van der Waals surface area contributed by atoms with Crippen molar-refractivity contribution in [2.24, 2.45) is 0 Å². The summed E-state index contributed by atoms with van der Waals surface area (Å²) in [5.41, 5.74) is 3.81. The van der Waals surface area contributed by atoms with Gasteiger partial charge in [0.05, 0.1) is 25.8 Å². The van der Waals surface area contributed by atoms with E-state index in [0.29, 0.717) is 28.3 Å². The molecule has 0 saturated carbocycles. The quantitative estimate of drug-likeness (QED) is 0.343. The molecular formula is C27H25NO5. The number of ether oxygens (including phenoxy) is 2. The number of aliphatic hydroxyl groups excluding tert-OH is 1. The van der Waals surface area contributed by atoms with Crippen molar-refractivity contribution in [1.29, 1.82) is 0 Å². The average molecular weight is 443 g/mol. The number of aryl methyl sites for hydroxylation is 2. The Morgan fingerprint density at radius 1 is 0.818 bits per heavy atom. The van der Waals surface area contributed by atoms with Crippen molar-refractivity contribution >= 4 is 23.1 Å². The fourth-order valence-electron chi connectivity index (χ4n) is 3.98. The highest BCUT2D eigenvalue weighted by Crippen LogP contribution is 2.42. The first-order valence-corrected chi connectivity index (χ1v) is 10.5. The van der Waals surface area contributed by atoms with Crippen LogP contribution in [0, 0.1) is 13.8 Å². The SMILES string of the molecule is COc1ccc(/C(O)=C2\C(=O)C(=O)N(c3ccc(C)c(C)c3)C2c2ccc(OC)cc2)cc1. The molecule has 3 aromatic rings. The lowest BCUT2D eigenvalue weighted by Crippen LogP contribution is -2.29. The van der Waals surface area contributed by atoms with Crippen molar-refractivity contribution in [3.05, 3.63) is 94.6 Å². The van der Waals surface area contributed by atoms with E-state index < -0.39 is 17.7 Å². The molecule has 0 bridgehead atoms. The lowest BCUT2D eigenvalue weighted by molar-refractivity contribution is -0.132. The zero-order valence-corrected chi connectivity index (χ0v) is 19.0. The van der Waals surface area contributed by atoms with E-state index in [0.717, 1.165) is 11.1 Å². The van der Waals surface area contributed by atoms with Gasteiger partial charge in [-0.15, -0.1) is 0 Å². The maximum atomic E-state index is 13.2. The molecule has 3 aromatic carbocycles. The van der Waals surface area contributed by atoms with E-state index in [1.165, 1.54) is 4.90 Å². The standard InChI is InChI=1S/C27H25NO5/c1-16-5-10-20(15-17(16)2)28-24(18-6-11-21(32-3)12-7-18)23(26(30)27(28)31)25(29)19-8-13-22(33-4)14-9-19/h5-15,24,29H,1-4H3/b25-23+. The number of Topliss-reactive ketones (excluding diaryl/α,β-unsaturated/α-hetero) is 1. The molecule has 0 radical (unpaired) electrons. The second-order valence-electron chi connectivity index (χ2n) is 7.94. The smallest absolute Gasteiger partial charge is 0.300 e. The molecule has 1 N–H and O–H groups in total. The van der Waals surface area contributed by atoms with Crippen molar-refractivity contribution in [3.63, 3.8) is 0 Å². The highest BCUT2D eigenvalue weighted by Gasteiger charge is 2.47. The number of rotatable bonds is 5. The zero-order chi connectivity index (χ0) is 23.7. The molecule has 1 saturated heterocycles. The minimum Gasteiger partial charge on any atom is -0.507 e. The second kappa shape index (κ2) is 8.82. The molecule has 1 aliphatic heterocycles. The Labute approximate surface area is 192 Å². The third-order valence-corrected chi connectivity index (χ3v) is 6.01. The Morgan fingerprint density at radius 2 is 1.39 bits per heavy atom. The molecule has 1 fully saturated rings. The summed E-state index contributed by atoms with van der Waals surface area (Å²) in [5.74, 6) is -0.384. The van der Waals surface area contributed by atoms with Crippen LogP contribution in [0.3, 0.4) is 0 Å². The molecule has 1 aliphatic rings. The van der Waals surface area contributed by atoms with E-state index in [2.05, 4.69) is 0 Å². The summed E-state index contributed by atoms with van der Waals surface area (Å²) >= 11 is 0. The Hall–Kier alpha value is -4.06. The Morgan fingerprint density at radius 3 is 1.94 bits per heavy atom. The monoisotopic (exact) mass is 443 g/mol. The van der Waals surface area contributed by atoms with Crippen molar-refractivity contribution in [1.82, 2.24) is 0 Å². The fourth-order valence-corrected chi connectivity index (χ4v) is 3.98. The fraction of sp³-hybridized carbons (Fsp3) is 0.185. The van der Waals surface area contributed by atoms with Crippen LogP contribution in [0.4, 0.5) is 5.69 Å². The molecule has 4 rings (SSSR count). The average Bonchev–Trinajstić information content (AvgIpc) is 3.11. The van der Waals surface area contributed by atoms with Gasteiger partial charge in [-0.1, -0.05) is 18.2 Å². The van der Waals surface area contributed by atoms with Gasteiger partial charge in [-0.05, 0) is 79.1 Å². The largest absolute Gasteiger partial charge is 0.507 e. The van der Waals surface area contributed by atoms with E-state index in [1.807, 2.05) is 32.0 Å². The van der Waals surface area contributed by atoms with Gasteiger partial charge in [0.2, 0.25) is 0 Å². The van der Waals surface area contributed by atoms with E-state index in [4.69, 9.17) is 9.47 Å². The number of hydrogen-bond acceptors (Lipinski definition) is 5. The van der Waals surface area contributed by atoms with Crippen LogP contribution in [0.2, 0.25) is 0 Å². The summed E-state index contributed by atoms with van der Waals surface area (Å²) < 4.78 is 10.4. The van der Waals surface area contributed by atoms with Crippen LogP contribution in [0.25, 0.3) is 5.76 Å². The zero-order valence-electron chi connectivity index (χ0n) is 19.0. The molecule has 1 heterocycles. The number of methoxy groups -OCH3 is 2. The molecular weight excluding hydrogens is 418 g/mol. The third kappa shape index (κ3) is 3.96. The first kappa shape index (κ1) is 22.1. The summed E-state index contributed by atoms with van der Waals surface area (Å²) in [6.45, 7) is 3.94. The van der Waals surface area contributed by atoms with E-state index >= 15 is 0 Å². The molecule has 1 atom stereocenters. The normalized spacial score (nSPS) is 17.3. The third-order valence-electron chi connectivity index (χ3n) is 6.01. The van der Waals surface area contributed by atoms with Gasteiger partial charge in [0.25, 0.3) is 11.7 Å². The number of carbonyl (C=O) groups is 2. The number of anilines is 1. The van der Waals surface area contributed by atoms with Gasteiger partial charge in [-0.2, -0.15) is 0 Å². The van der Waals surface area contributed by atoms with Crippen LogP contribution in [0.15, 0.2) is 72.3 Å². The number of hydrogen-bond donors (Lipinski definition) is 1. The number of aliphatic hydroxyl groups is 1. The Kier molecular flexibility index (Phi) is 5.92. The number of benzene rings is 3. The summed E-state index contributed by atoms with van der Waals surface area (Å²) in [5, 5.41) is 11.2. The summed E-state index contributed by atoms with van der Waals surface area (Å²) in [7, 11) is 3.12. The second-order valence-corrected chi connectivity index (χ2v) is 7.94. The molecule has 6 nitrogen and oxygen atoms in total. The maximum Gasteiger partial charge on any atom is 0.300 e. The van der Waals surface area contributed by atoms with Crippen LogP contribution in [0.1, 0.15) is 28.3 Å². The van der Waals surface area contributed by atoms with Crippen LogP contribution in [-0.2, 0) is 9.59 Å². The maximum absolute atomic E-state index is 13.2. The molecule has 1 unspecified atom stereocenters. The van der Waals surface area contributed by atoms with Crippen LogP contribution in [-0.4, -0.2) is 31.0 Å². The predicted octanol–water partition coefficient (Wildman–Crippen LogP) is 4.95. The predicted molar refractivity (Wildman–Crippen MR) is 127 cm³/mol. The molecule has 1 amide bonds. The van der Waals surface area contributed by atoms with E-state index in [-0.39, 0.29) is 11.3 Å². The van der Waals surface area contributed by atoms with E-state index in [9.17, 15) is 14.7 Å². The summed E-state index contributed by atoms with van der Waals surface area (Å²) in [6, 6.07) is 18.6. The van der Waals surface area contributed by atoms with Crippen LogP contribution in [0.5, 0.6) is 11.5 Å². The van der Waals surface area contributed by atoms with Gasteiger partial charge in [-0.25, -0.2) is 0 Å². The molecule has 33 heavy (non-hydrogen) atoms. The lowest BCUT2D eigenvalue weighted by atomic mass is 9.95. The molecule has 6 heteroatoms. The molecule has 0 aromatic heterocycles. The first-order valence-electron chi connectivity index (χ1n) is 10.5. The van der Waals surface area contributed by atoms with Crippen LogP contribution < -0.4 is 14.4 Å². The lowest BCUT2D eigenvalue weighted by Gasteiger charge is -2.26. The first-order chi connectivity index (χ1) is 15.8. The minimum absolute atomic E-state index is 0.0357. The van der Waals surface area contributed by atoms with Gasteiger partial charge in [0, 0.05) is 11.3 Å². The minimum atomic E-state index is -0.792. The van der Waals surface area contributed by atoms with Crippen molar-refractivity contribution in [3.8, 4) is 11.5 Å². The van der Waals surface area contributed by atoms with Crippen LogP contribution >= 0.6 is 0 Å². The molecule has 0 aliphatic carbocycles. The van der Waals surface area contributed by atoms with E-state index in [1.54, 1.807) is 62.8 Å². The Bertz CT molecular complexity index is 1240. The Balaban J connectivity index is 1.92. The summed E-state index contributed by atoms with van der Waals surface area (Å²) in [4.78, 5) is 27.9. The van der Waals surface area contributed by atoms with Crippen molar-refractivity contribution in [2.45, 2.75) is 19.9 Å². The highest BCUT2D eigenvalue weighted by molar-refractivity contribution is 6.51. The number of nitrogens with zero attached hydrogens (tertiary/aromatic N) is 1. The number of carbonyl (C=O) groups excluding carboxylic acids is 2.